The quantitative estimate of drug-likeness (QED) is 0.931. The second-order valence-corrected chi connectivity index (χ2v) is 6.75. The highest BCUT2D eigenvalue weighted by atomic mass is 32.1. The Hall–Kier alpha value is -2.02. The first kappa shape index (κ1) is 15.9. The number of nitrogens with one attached hydrogen (secondary N) is 1. The highest BCUT2D eigenvalue weighted by Gasteiger charge is 2.26. The number of hydrogen-bond donors (Lipinski definition) is 1. The van der Waals surface area contributed by atoms with Crippen molar-refractivity contribution in [1.29, 1.82) is 0 Å². The van der Waals surface area contributed by atoms with E-state index in [1.807, 2.05) is 31.0 Å². The number of aryl methyl sites for hydroxylation is 1. The zero-order chi connectivity index (χ0) is 16.2. The number of likely N-dealkylation sites (tertiary alicyclic amines) is 1. The molecule has 0 aromatic carbocycles. The number of piperidine rings is 1. The molecule has 0 spiro atoms. The molecule has 1 aliphatic heterocycles. The summed E-state index contributed by atoms with van der Waals surface area (Å²) in [4.78, 5) is 19.5. The molecule has 1 saturated heterocycles. The molecule has 0 radical (unpaired) electrons. The molecule has 1 unspecified atom stereocenters. The molecule has 2 aromatic rings. The normalized spacial score (nSPS) is 18.0. The van der Waals surface area contributed by atoms with Crippen LogP contribution in [0.5, 0.6) is 0 Å². The van der Waals surface area contributed by atoms with Crippen LogP contribution in [0.3, 0.4) is 0 Å². The molecule has 1 aliphatic rings. The number of thiazole rings is 1. The molecule has 2 aromatic heterocycles. The van der Waals surface area contributed by atoms with E-state index in [-0.39, 0.29) is 5.91 Å². The minimum Gasteiger partial charge on any atom is -0.372 e. The highest BCUT2D eigenvalue weighted by Crippen LogP contribution is 2.23. The molecule has 122 valence electrons. The van der Waals surface area contributed by atoms with E-state index >= 15 is 0 Å². The van der Waals surface area contributed by atoms with Crippen molar-refractivity contribution < 1.29 is 4.79 Å². The lowest BCUT2D eigenvalue weighted by Gasteiger charge is -2.32. The number of rotatable bonds is 4. The van der Waals surface area contributed by atoms with Gasteiger partial charge in [-0.1, -0.05) is 0 Å². The molecule has 3 heterocycles. The van der Waals surface area contributed by atoms with Crippen LogP contribution >= 0.6 is 11.3 Å². The van der Waals surface area contributed by atoms with Crippen LogP contribution in [0.15, 0.2) is 17.6 Å². The summed E-state index contributed by atoms with van der Waals surface area (Å²) in [6.07, 6.45) is 3.03. The van der Waals surface area contributed by atoms with Crippen LogP contribution in [0.4, 0.5) is 5.82 Å². The molecule has 23 heavy (non-hydrogen) atoms. The molecular formula is C16H21N5OS. The van der Waals surface area contributed by atoms with Crippen LogP contribution in [-0.2, 0) is 6.42 Å². The standard InChI is InChI=1S/C16H21N5OS/c1-11-15(23-10-18-11)16(22)21-7-3-4-12(9-21)8-13-5-6-14(17-2)20-19-13/h5-6,10,12H,3-4,7-9H2,1-2H3,(H,17,20). The van der Waals surface area contributed by atoms with Crippen LogP contribution < -0.4 is 5.32 Å². The predicted octanol–water partition coefficient (Wildman–Crippen LogP) is 2.38. The fourth-order valence-corrected chi connectivity index (χ4v) is 3.73. The van der Waals surface area contributed by atoms with Crippen molar-refractivity contribution in [2.45, 2.75) is 26.2 Å². The molecule has 1 atom stereocenters. The van der Waals surface area contributed by atoms with E-state index in [0.717, 1.165) is 54.4 Å². The summed E-state index contributed by atoms with van der Waals surface area (Å²) in [6, 6.07) is 3.95. The number of carbonyl (C=O) groups excluding carboxylic acids is 1. The Kier molecular flexibility index (Phi) is 4.85. The van der Waals surface area contributed by atoms with Crippen LogP contribution in [0.25, 0.3) is 0 Å². The fourth-order valence-electron chi connectivity index (χ4n) is 2.96. The van der Waals surface area contributed by atoms with Crippen LogP contribution in [0, 0.1) is 12.8 Å². The Labute approximate surface area is 140 Å². The lowest BCUT2D eigenvalue weighted by atomic mass is 9.93. The van der Waals surface area contributed by atoms with Crippen molar-refractivity contribution in [3.05, 3.63) is 33.9 Å². The molecule has 0 aliphatic carbocycles. The molecule has 1 N–H and O–H groups in total. The zero-order valence-electron chi connectivity index (χ0n) is 13.5. The largest absolute Gasteiger partial charge is 0.372 e. The van der Waals surface area contributed by atoms with Crippen LogP contribution in [0.1, 0.15) is 33.9 Å². The first-order valence-electron chi connectivity index (χ1n) is 7.87. The van der Waals surface area contributed by atoms with Gasteiger partial charge in [0.1, 0.15) is 10.7 Å². The van der Waals surface area contributed by atoms with Crippen molar-refractivity contribution in [2.24, 2.45) is 5.92 Å². The molecule has 7 heteroatoms. The highest BCUT2D eigenvalue weighted by molar-refractivity contribution is 7.11. The van der Waals surface area contributed by atoms with Crippen molar-refractivity contribution in [2.75, 3.05) is 25.5 Å². The van der Waals surface area contributed by atoms with E-state index < -0.39 is 0 Å². The maximum Gasteiger partial charge on any atom is 0.265 e. The van der Waals surface area contributed by atoms with Gasteiger partial charge in [0.05, 0.1) is 16.9 Å². The van der Waals surface area contributed by atoms with Crippen molar-refractivity contribution in [3.63, 3.8) is 0 Å². The van der Waals surface area contributed by atoms with Crippen molar-refractivity contribution in [1.82, 2.24) is 20.1 Å². The third kappa shape index (κ3) is 3.67. The summed E-state index contributed by atoms with van der Waals surface area (Å²) in [5, 5.41) is 11.3. The maximum absolute atomic E-state index is 12.6. The van der Waals surface area contributed by atoms with Gasteiger partial charge in [0.25, 0.3) is 5.91 Å². The van der Waals surface area contributed by atoms with Gasteiger partial charge in [0.2, 0.25) is 0 Å². The molecule has 1 amide bonds. The molecule has 3 rings (SSSR count). The third-order valence-electron chi connectivity index (χ3n) is 4.22. The van der Waals surface area contributed by atoms with Gasteiger partial charge in [-0.15, -0.1) is 16.4 Å². The number of hydrogen-bond acceptors (Lipinski definition) is 6. The predicted molar refractivity (Wildman–Crippen MR) is 90.8 cm³/mol. The molecule has 6 nitrogen and oxygen atoms in total. The number of anilines is 1. The number of nitrogens with zero attached hydrogens (tertiary/aromatic N) is 4. The zero-order valence-corrected chi connectivity index (χ0v) is 14.3. The lowest BCUT2D eigenvalue weighted by Crippen LogP contribution is -2.40. The van der Waals surface area contributed by atoms with E-state index in [4.69, 9.17) is 0 Å². The first-order chi connectivity index (χ1) is 11.2. The van der Waals surface area contributed by atoms with E-state index in [0.29, 0.717) is 5.92 Å². The topological polar surface area (TPSA) is 71.0 Å². The Balaban J connectivity index is 1.63. The summed E-state index contributed by atoms with van der Waals surface area (Å²) in [7, 11) is 1.83. The molecule has 0 bridgehead atoms. The third-order valence-corrected chi connectivity index (χ3v) is 5.14. The van der Waals surface area contributed by atoms with Gasteiger partial charge < -0.3 is 10.2 Å². The van der Waals surface area contributed by atoms with E-state index in [2.05, 4.69) is 20.5 Å². The van der Waals surface area contributed by atoms with Crippen LogP contribution in [0.2, 0.25) is 0 Å². The van der Waals surface area contributed by atoms with Gasteiger partial charge in [-0.05, 0) is 44.2 Å². The van der Waals surface area contributed by atoms with E-state index in [1.54, 1.807) is 5.51 Å². The summed E-state index contributed by atoms with van der Waals surface area (Å²) in [5.74, 6) is 1.33. The Bertz CT molecular complexity index is 669. The van der Waals surface area contributed by atoms with Gasteiger partial charge in [-0.25, -0.2) is 4.98 Å². The van der Waals surface area contributed by atoms with Crippen molar-refractivity contribution >= 4 is 23.1 Å². The monoisotopic (exact) mass is 331 g/mol. The average Bonchev–Trinajstić information content (AvgIpc) is 3.01. The number of aromatic nitrogens is 3. The number of carbonyl (C=O) groups is 1. The van der Waals surface area contributed by atoms with E-state index in [9.17, 15) is 4.79 Å². The van der Waals surface area contributed by atoms with Gasteiger partial charge in [-0.2, -0.15) is 5.10 Å². The van der Waals surface area contributed by atoms with Gasteiger partial charge in [0.15, 0.2) is 0 Å². The Morgan fingerprint density at radius 3 is 2.96 bits per heavy atom. The van der Waals surface area contributed by atoms with Crippen molar-refractivity contribution in [3.8, 4) is 0 Å². The SMILES string of the molecule is CNc1ccc(CC2CCCN(C(=O)c3scnc3C)C2)nn1. The summed E-state index contributed by atoms with van der Waals surface area (Å²) >= 11 is 1.43. The lowest BCUT2D eigenvalue weighted by molar-refractivity contribution is 0.0676. The second kappa shape index (κ2) is 7.04. The smallest absolute Gasteiger partial charge is 0.265 e. The van der Waals surface area contributed by atoms with Crippen LogP contribution in [-0.4, -0.2) is 46.1 Å². The summed E-state index contributed by atoms with van der Waals surface area (Å²) in [5.41, 5.74) is 3.55. The second-order valence-electron chi connectivity index (χ2n) is 5.89. The average molecular weight is 331 g/mol. The Morgan fingerprint density at radius 2 is 2.30 bits per heavy atom. The first-order valence-corrected chi connectivity index (χ1v) is 8.75. The molecular weight excluding hydrogens is 310 g/mol. The van der Waals surface area contributed by atoms with Gasteiger partial charge >= 0.3 is 0 Å². The molecule has 1 fully saturated rings. The molecule has 0 saturated carbocycles. The minimum atomic E-state index is 0.117. The fraction of sp³-hybridized carbons (Fsp3) is 0.500. The van der Waals surface area contributed by atoms with Gasteiger partial charge in [0, 0.05) is 20.1 Å². The minimum absolute atomic E-state index is 0.117. The maximum atomic E-state index is 12.6. The number of amides is 1. The summed E-state index contributed by atoms with van der Waals surface area (Å²) in [6.45, 7) is 3.51. The Morgan fingerprint density at radius 1 is 1.43 bits per heavy atom. The summed E-state index contributed by atoms with van der Waals surface area (Å²) < 4.78 is 0. The van der Waals surface area contributed by atoms with Gasteiger partial charge in [-0.3, -0.25) is 4.79 Å². The van der Waals surface area contributed by atoms with E-state index in [1.165, 1.54) is 11.3 Å².